The van der Waals surface area contributed by atoms with E-state index in [9.17, 15) is 9.59 Å². The van der Waals surface area contributed by atoms with E-state index in [1.54, 1.807) is 24.3 Å². The minimum Gasteiger partial charge on any atom is -0.362 e. The number of hydrogen-bond acceptors (Lipinski definition) is 5. The monoisotopic (exact) mass is 578 g/mol. The van der Waals surface area contributed by atoms with Gasteiger partial charge in [-0.2, -0.15) is 0 Å². The van der Waals surface area contributed by atoms with Gasteiger partial charge in [-0.1, -0.05) is 69.2 Å². The maximum Gasteiger partial charge on any atom is 0.256 e. The first-order valence-electron chi connectivity index (χ1n) is 15.1. The molecule has 1 aliphatic carbocycles. The molecule has 4 aromatic rings. The average Bonchev–Trinajstić information content (AvgIpc) is 3.01. The third-order valence-corrected chi connectivity index (χ3v) is 8.03. The number of Topliss-reactive ketones (excluding diaryl/α,β-unsaturated/α-hetero) is 1. The maximum absolute atomic E-state index is 12.2. The Balaban J connectivity index is 0.000000225. The molecule has 1 fully saturated rings. The first kappa shape index (κ1) is 33.2. The number of carbonyl (C=O) groups excluding carboxylic acids is 2. The highest BCUT2D eigenvalue weighted by Crippen LogP contribution is 2.38. The van der Waals surface area contributed by atoms with Crippen molar-refractivity contribution in [3.63, 3.8) is 0 Å². The summed E-state index contributed by atoms with van der Waals surface area (Å²) < 4.78 is 0. The number of hydrogen-bond donors (Lipinski definition) is 1. The number of fused-ring (bicyclic) bond motifs is 1. The van der Waals surface area contributed by atoms with E-state index in [2.05, 4.69) is 75.6 Å². The zero-order valence-electron chi connectivity index (χ0n) is 26.6. The van der Waals surface area contributed by atoms with Gasteiger partial charge in [0, 0.05) is 36.7 Å². The standard InChI is InChI=1S/C19H27N3.C16H15NO2.C2H4/c1-13-9-11-15(12-10-13)14(2)18-20-17-8-6-5-7-16(17)19(21-18)22(3)4;1-11-6-5-7-13(10-11)17-16(19)15-9-4-3-8-14(15)12(2)18;1-2/h5-8,13-15H,9-12H2,1-4H3;3-10H,1-2H3,(H,17,19);1-2H2/t13?,14-,15?;;/m1../s1. The van der Waals surface area contributed by atoms with Crippen molar-refractivity contribution in [2.45, 2.75) is 59.3 Å². The number of amides is 1. The van der Waals surface area contributed by atoms with E-state index in [4.69, 9.17) is 9.97 Å². The van der Waals surface area contributed by atoms with E-state index in [0.29, 0.717) is 17.0 Å². The van der Waals surface area contributed by atoms with Gasteiger partial charge in [0.2, 0.25) is 0 Å². The second kappa shape index (κ2) is 15.8. The lowest BCUT2D eigenvalue weighted by molar-refractivity contribution is 0.0985. The highest BCUT2D eigenvalue weighted by molar-refractivity contribution is 6.12. The number of rotatable bonds is 6. The lowest BCUT2D eigenvalue weighted by Gasteiger charge is -2.30. The molecule has 1 aromatic heterocycles. The molecule has 226 valence electrons. The molecule has 1 aliphatic rings. The van der Waals surface area contributed by atoms with Crippen LogP contribution in [0, 0.1) is 18.8 Å². The van der Waals surface area contributed by atoms with Gasteiger partial charge >= 0.3 is 0 Å². The molecule has 5 rings (SSSR count). The molecule has 0 spiro atoms. The van der Waals surface area contributed by atoms with Gasteiger partial charge in [0.15, 0.2) is 5.78 Å². The Morgan fingerprint density at radius 1 is 0.884 bits per heavy atom. The smallest absolute Gasteiger partial charge is 0.256 e. The minimum atomic E-state index is -0.267. The van der Waals surface area contributed by atoms with Crippen LogP contribution in [0.5, 0.6) is 0 Å². The topological polar surface area (TPSA) is 75.2 Å². The highest BCUT2D eigenvalue weighted by Gasteiger charge is 2.26. The highest BCUT2D eigenvalue weighted by atomic mass is 16.2. The Morgan fingerprint density at radius 3 is 2.14 bits per heavy atom. The Hall–Kier alpha value is -4.32. The largest absolute Gasteiger partial charge is 0.362 e. The molecule has 6 nitrogen and oxygen atoms in total. The van der Waals surface area contributed by atoms with Crippen LogP contribution in [0.15, 0.2) is 86.0 Å². The first-order valence-corrected chi connectivity index (χ1v) is 15.1. The lowest BCUT2D eigenvalue weighted by atomic mass is 9.76. The zero-order chi connectivity index (χ0) is 31.5. The summed E-state index contributed by atoms with van der Waals surface area (Å²) >= 11 is 0. The summed E-state index contributed by atoms with van der Waals surface area (Å²) in [5.41, 5.74) is 3.69. The number of ketones is 1. The van der Waals surface area contributed by atoms with Crippen LogP contribution in [0.3, 0.4) is 0 Å². The number of benzene rings is 3. The lowest BCUT2D eigenvalue weighted by Crippen LogP contribution is -2.21. The van der Waals surface area contributed by atoms with Crippen molar-refractivity contribution >= 4 is 34.1 Å². The molecular formula is C37H46N4O2. The molecular weight excluding hydrogens is 532 g/mol. The quantitative estimate of drug-likeness (QED) is 0.183. The van der Waals surface area contributed by atoms with Gasteiger partial charge in [-0.05, 0) is 74.4 Å². The average molecular weight is 579 g/mol. The summed E-state index contributed by atoms with van der Waals surface area (Å²) in [5, 5.41) is 3.94. The van der Waals surface area contributed by atoms with E-state index >= 15 is 0 Å². The molecule has 0 bridgehead atoms. The predicted molar refractivity (Wildman–Crippen MR) is 180 cm³/mol. The van der Waals surface area contributed by atoms with Crippen LogP contribution < -0.4 is 10.2 Å². The predicted octanol–water partition coefficient (Wildman–Crippen LogP) is 8.88. The van der Waals surface area contributed by atoms with Crippen molar-refractivity contribution in [3.05, 3.63) is 108 Å². The van der Waals surface area contributed by atoms with Crippen molar-refractivity contribution in [2.75, 3.05) is 24.3 Å². The molecule has 1 heterocycles. The summed E-state index contributed by atoms with van der Waals surface area (Å²) in [7, 11) is 4.12. The fourth-order valence-corrected chi connectivity index (χ4v) is 5.53. The van der Waals surface area contributed by atoms with Crippen LogP contribution in [0.2, 0.25) is 0 Å². The number of aromatic nitrogens is 2. The van der Waals surface area contributed by atoms with Crippen molar-refractivity contribution in [1.29, 1.82) is 0 Å². The number of para-hydroxylation sites is 1. The summed E-state index contributed by atoms with van der Waals surface area (Å²) in [6, 6.07) is 22.7. The number of anilines is 2. The normalized spacial score (nSPS) is 16.5. The minimum absolute atomic E-state index is 0.116. The molecule has 43 heavy (non-hydrogen) atoms. The van der Waals surface area contributed by atoms with Crippen LogP contribution in [0.4, 0.5) is 11.5 Å². The second-order valence-corrected chi connectivity index (χ2v) is 11.6. The van der Waals surface area contributed by atoms with Gasteiger partial charge in [0.25, 0.3) is 5.91 Å². The number of carbonyl (C=O) groups is 2. The van der Waals surface area contributed by atoms with E-state index in [-0.39, 0.29) is 11.7 Å². The number of aryl methyl sites for hydroxylation is 1. The maximum atomic E-state index is 12.2. The number of nitrogens with zero attached hydrogens (tertiary/aromatic N) is 3. The Kier molecular flexibility index (Phi) is 12.2. The molecule has 1 amide bonds. The van der Waals surface area contributed by atoms with Gasteiger partial charge in [0.1, 0.15) is 11.6 Å². The molecule has 0 aliphatic heterocycles. The van der Waals surface area contributed by atoms with Gasteiger partial charge < -0.3 is 10.2 Å². The summed E-state index contributed by atoms with van der Waals surface area (Å²) in [6.07, 6.45) is 5.33. The van der Waals surface area contributed by atoms with Crippen LogP contribution in [-0.4, -0.2) is 35.8 Å². The molecule has 1 saturated carbocycles. The van der Waals surface area contributed by atoms with Gasteiger partial charge in [0.05, 0.1) is 11.1 Å². The van der Waals surface area contributed by atoms with Crippen molar-refractivity contribution in [1.82, 2.24) is 9.97 Å². The molecule has 1 atom stereocenters. The van der Waals surface area contributed by atoms with Crippen molar-refractivity contribution < 1.29 is 9.59 Å². The van der Waals surface area contributed by atoms with Crippen molar-refractivity contribution in [3.8, 4) is 0 Å². The molecule has 0 radical (unpaired) electrons. The van der Waals surface area contributed by atoms with Crippen LogP contribution in [-0.2, 0) is 0 Å². The summed E-state index contributed by atoms with van der Waals surface area (Å²) in [4.78, 5) is 35.6. The van der Waals surface area contributed by atoms with Gasteiger partial charge in [-0.15, -0.1) is 13.2 Å². The molecule has 6 heteroatoms. The first-order chi connectivity index (χ1) is 20.6. The molecule has 0 saturated heterocycles. The SMILES string of the molecule is C=C.CC(=O)c1ccccc1C(=O)Nc1cccc(C)c1.CC1CCC([C@@H](C)c2nc(N(C)C)c3ccccc3n2)CC1. The third kappa shape index (κ3) is 8.84. The zero-order valence-corrected chi connectivity index (χ0v) is 26.6. The van der Waals surface area contributed by atoms with E-state index in [1.165, 1.54) is 32.6 Å². The fourth-order valence-electron chi connectivity index (χ4n) is 5.53. The molecule has 0 unspecified atom stereocenters. The Morgan fingerprint density at radius 2 is 1.51 bits per heavy atom. The fraction of sp³-hybridized carbons (Fsp3) is 0.351. The summed E-state index contributed by atoms with van der Waals surface area (Å²) in [6.45, 7) is 14.1. The summed E-state index contributed by atoms with van der Waals surface area (Å²) in [5.74, 6) is 3.73. The van der Waals surface area contributed by atoms with Crippen LogP contribution in [0.1, 0.15) is 84.5 Å². The van der Waals surface area contributed by atoms with Crippen LogP contribution >= 0.6 is 0 Å². The van der Waals surface area contributed by atoms with E-state index < -0.39 is 0 Å². The van der Waals surface area contributed by atoms with E-state index in [1.807, 2.05) is 31.2 Å². The van der Waals surface area contributed by atoms with Crippen LogP contribution in [0.25, 0.3) is 10.9 Å². The second-order valence-electron chi connectivity index (χ2n) is 11.6. The Bertz CT molecular complexity index is 1520. The molecule has 3 aromatic carbocycles. The molecule has 1 N–H and O–H groups in total. The van der Waals surface area contributed by atoms with Crippen molar-refractivity contribution in [2.24, 2.45) is 11.8 Å². The third-order valence-electron chi connectivity index (χ3n) is 8.03. The van der Waals surface area contributed by atoms with Gasteiger partial charge in [-0.25, -0.2) is 9.97 Å². The Labute approximate surface area is 257 Å². The van der Waals surface area contributed by atoms with E-state index in [0.717, 1.165) is 45.6 Å². The van der Waals surface area contributed by atoms with Gasteiger partial charge in [-0.3, -0.25) is 9.59 Å². The number of nitrogens with one attached hydrogen (secondary N) is 1.